The zero-order valence-electron chi connectivity index (χ0n) is 11.1. The monoisotopic (exact) mass is 295 g/mol. The van der Waals surface area contributed by atoms with Gasteiger partial charge in [-0.2, -0.15) is 0 Å². The molecule has 108 valence electrons. The number of hydrogen-bond donors (Lipinski definition) is 2. The number of primary amides is 1. The third-order valence-corrected chi connectivity index (χ3v) is 3.88. The summed E-state index contributed by atoms with van der Waals surface area (Å²) in [6.45, 7) is 0.626. The van der Waals surface area contributed by atoms with Gasteiger partial charge in [-0.3, -0.25) is 9.59 Å². The third kappa shape index (κ3) is 3.11. The number of rotatable bonds is 4. The van der Waals surface area contributed by atoms with Gasteiger partial charge in [0.15, 0.2) is 0 Å². The number of amides is 2. The van der Waals surface area contributed by atoms with Crippen LogP contribution in [0.1, 0.15) is 30.9 Å². The van der Waals surface area contributed by atoms with Crippen LogP contribution in [0.4, 0.5) is 0 Å². The fraction of sp³-hybridized carbons (Fsp3) is 0.429. The zero-order chi connectivity index (χ0) is 14.7. The number of carbonyl (C=O) groups excluding carboxylic acids is 2. The molecule has 4 N–H and O–H groups in total. The Hall–Kier alpha value is -1.59. The number of hydrogen-bond acceptors (Lipinski definition) is 3. The summed E-state index contributed by atoms with van der Waals surface area (Å²) < 4.78 is 0. The second kappa shape index (κ2) is 6.24. The molecule has 0 aliphatic carbocycles. The first-order valence-corrected chi connectivity index (χ1v) is 6.97. The van der Waals surface area contributed by atoms with Crippen molar-refractivity contribution in [3.8, 4) is 0 Å². The molecule has 1 fully saturated rings. The van der Waals surface area contributed by atoms with Crippen molar-refractivity contribution >= 4 is 23.4 Å². The topological polar surface area (TPSA) is 89.4 Å². The number of nitrogens with two attached hydrogens (primary N) is 2. The van der Waals surface area contributed by atoms with Crippen molar-refractivity contribution in [3.63, 3.8) is 0 Å². The molecule has 1 aliphatic heterocycles. The van der Waals surface area contributed by atoms with Gasteiger partial charge < -0.3 is 16.4 Å². The molecule has 0 saturated carbocycles. The lowest BCUT2D eigenvalue weighted by atomic mass is 10.0. The second-order valence-electron chi connectivity index (χ2n) is 4.99. The molecule has 2 amide bonds. The van der Waals surface area contributed by atoms with Gasteiger partial charge in [-0.15, -0.1) is 0 Å². The zero-order valence-corrected chi connectivity index (χ0v) is 11.8. The van der Waals surface area contributed by atoms with Gasteiger partial charge in [0.05, 0.1) is 18.5 Å². The summed E-state index contributed by atoms with van der Waals surface area (Å²) in [5.41, 5.74) is 11.8. The minimum atomic E-state index is -0.879. The van der Waals surface area contributed by atoms with E-state index in [0.29, 0.717) is 11.6 Å². The molecule has 6 heteroatoms. The Kier molecular flexibility index (Phi) is 4.62. The number of nitrogens with zero attached hydrogens (tertiary/aromatic N) is 1. The summed E-state index contributed by atoms with van der Waals surface area (Å²) in [6.07, 6.45) is 1.61. The maximum absolute atomic E-state index is 12.3. The van der Waals surface area contributed by atoms with E-state index in [4.69, 9.17) is 23.1 Å². The van der Waals surface area contributed by atoms with E-state index >= 15 is 0 Å². The van der Waals surface area contributed by atoms with Crippen LogP contribution in [0, 0.1) is 0 Å². The molecule has 20 heavy (non-hydrogen) atoms. The molecule has 1 aliphatic rings. The highest BCUT2D eigenvalue weighted by Crippen LogP contribution is 2.35. The van der Waals surface area contributed by atoms with Crippen molar-refractivity contribution in [2.45, 2.75) is 31.3 Å². The first-order valence-electron chi connectivity index (χ1n) is 6.59. The van der Waals surface area contributed by atoms with Crippen LogP contribution in [-0.4, -0.2) is 29.3 Å². The number of halogens is 1. The van der Waals surface area contributed by atoms with Gasteiger partial charge in [0.25, 0.3) is 0 Å². The molecule has 5 nitrogen and oxygen atoms in total. The number of likely N-dealkylation sites (tertiary alicyclic amines) is 1. The lowest BCUT2D eigenvalue weighted by Crippen LogP contribution is -2.45. The lowest BCUT2D eigenvalue weighted by molar-refractivity contribution is -0.135. The maximum atomic E-state index is 12.3. The molecule has 0 bridgehead atoms. The van der Waals surface area contributed by atoms with E-state index in [9.17, 15) is 9.59 Å². The van der Waals surface area contributed by atoms with E-state index in [0.717, 1.165) is 18.4 Å². The third-order valence-electron chi connectivity index (χ3n) is 3.54. The van der Waals surface area contributed by atoms with Crippen LogP contribution < -0.4 is 11.5 Å². The van der Waals surface area contributed by atoms with Gasteiger partial charge in [-0.1, -0.05) is 29.8 Å². The van der Waals surface area contributed by atoms with Gasteiger partial charge in [0.2, 0.25) is 11.8 Å². The number of carbonyl (C=O) groups is 2. The average Bonchev–Trinajstić information content (AvgIpc) is 2.86. The summed E-state index contributed by atoms with van der Waals surface area (Å²) in [6, 6.07) is 6.52. The van der Waals surface area contributed by atoms with E-state index in [1.807, 2.05) is 18.2 Å². The van der Waals surface area contributed by atoms with E-state index in [-0.39, 0.29) is 18.4 Å². The van der Waals surface area contributed by atoms with Crippen molar-refractivity contribution in [2.24, 2.45) is 11.5 Å². The van der Waals surface area contributed by atoms with Gasteiger partial charge in [0, 0.05) is 11.6 Å². The largest absolute Gasteiger partial charge is 0.370 e. The van der Waals surface area contributed by atoms with Crippen LogP contribution in [0.3, 0.4) is 0 Å². The average molecular weight is 296 g/mol. The first kappa shape index (κ1) is 14.8. The summed E-state index contributed by atoms with van der Waals surface area (Å²) in [5, 5.41) is 0.640. The van der Waals surface area contributed by atoms with E-state index in [2.05, 4.69) is 0 Å². The second-order valence-corrected chi connectivity index (χ2v) is 5.40. The maximum Gasteiger partial charge on any atom is 0.240 e. The summed E-state index contributed by atoms with van der Waals surface area (Å²) in [7, 11) is 0. The Bertz CT molecular complexity index is 521. The Morgan fingerprint density at radius 3 is 2.75 bits per heavy atom. The van der Waals surface area contributed by atoms with Crippen molar-refractivity contribution in [3.05, 3.63) is 34.9 Å². The van der Waals surface area contributed by atoms with Crippen LogP contribution in [0.5, 0.6) is 0 Å². The highest BCUT2D eigenvalue weighted by molar-refractivity contribution is 6.31. The molecule has 1 saturated heterocycles. The van der Waals surface area contributed by atoms with E-state index < -0.39 is 11.9 Å². The normalized spacial score (nSPS) is 19.9. The fourth-order valence-electron chi connectivity index (χ4n) is 2.62. The van der Waals surface area contributed by atoms with Gasteiger partial charge in [-0.05, 0) is 24.5 Å². The van der Waals surface area contributed by atoms with E-state index in [1.165, 1.54) is 0 Å². The predicted octanol–water partition coefficient (Wildman–Crippen LogP) is 1.21. The standard InChI is InChI=1S/C14H18ClN3O2/c15-10-5-2-1-4-9(10)12-6-3-7-18(12)14(20)11(16)8-13(17)19/h1-2,4-5,11-12H,3,6-8,16H2,(H2,17,19). The molecular formula is C14H18ClN3O2. The van der Waals surface area contributed by atoms with Crippen LogP contribution in [-0.2, 0) is 9.59 Å². The van der Waals surface area contributed by atoms with Crippen LogP contribution in [0.2, 0.25) is 5.02 Å². The van der Waals surface area contributed by atoms with Crippen LogP contribution >= 0.6 is 11.6 Å². The highest BCUT2D eigenvalue weighted by atomic mass is 35.5. The predicted molar refractivity (Wildman–Crippen MR) is 76.9 cm³/mol. The van der Waals surface area contributed by atoms with E-state index in [1.54, 1.807) is 11.0 Å². The summed E-state index contributed by atoms with van der Waals surface area (Å²) in [4.78, 5) is 24.9. The first-order chi connectivity index (χ1) is 9.50. The van der Waals surface area contributed by atoms with Gasteiger partial charge in [0.1, 0.15) is 0 Å². The lowest BCUT2D eigenvalue weighted by Gasteiger charge is -2.28. The van der Waals surface area contributed by atoms with Crippen LogP contribution in [0.25, 0.3) is 0 Å². The molecule has 2 rings (SSSR count). The molecule has 1 aromatic rings. The Balaban J connectivity index is 2.17. The summed E-state index contributed by atoms with van der Waals surface area (Å²) >= 11 is 6.19. The van der Waals surface area contributed by atoms with Gasteiger partial charge >= 0.3 is 0 Å². The number of benzene rings is 1. The molecule has 1 aromatic carbocycles. The molecule has 0 spiro atoms. The van der Waals surface area contributed by atoms with Crippen molar-refractivity contribution < 1.29 is 9.59 Å². The molecule has 1 heterocycles. The molecule has 2 atom stereocenters. The Labute approximate surface area is 122 Å². The minimum absolute atomic E-state index is 0.0740. The van der Waals surface area contributed by atoms with Gasteiger partial charge in [-0.25, -0.2) is 0 Å². The Morgan fingerprint density at radius 2 is 2.10 bits per heavy atom. The van der Waals surface area contributed by atoms with Crippen LogP contribution in [0.15, 0.2) is 24.3 Å². The Morgan fingerprint density at radius 1 is 1.40 bits per heavy atom. The molecule has 0 aromatic heterocycles. The van der Waals surface area contributed by atoms with Crippen molar-refractivity contribution in [1.82, 2.24) is 4.90 Å². The molecule has 2 unspecified atom stereocenters. The van der Waals surface area contributed by atoms with Crippen molar-refractivity contribution in [1.29, 1.82) is 0 Å². The molecular weight excluding hydrogens is 278 g/mol. The minimum Gasteiger partial charge on any atom is -0.370 e. The SMILES string of the molecule is NC(=O)CC(N)C(=O)N1CCCC1c1ccccc1Cl. The highest BCUT2D eigenvalue weighted by Gasteiger charge is 2.33. The van der Waals surface area contributed by atoms with Crippen molar-refractivity contribution in [2.75, 3.05) is 6.54 Å². The molecule has 0 radical (unpaired) electrons. The quantitative estimate of drug-likeness (QED) is 0.875. The summed E-state index contributed by atoms with van der Waals surface area (Å²) in [5.74, 6) is -0.814. The fourth-order valence-corrected chi connectivity index (χ4v) is 2.88. The smallest absolute Gasteiger partial charge is 0.240 e.